The average Bonchev–Trinajstić information content (AvgIpc) is 2.64. The smallest absolute Gasteiger partial charge is 0.0348 e. The van der Waals surface area contributed by atoms with Crippen LogP contribution >= 0.6 is 0 Å². The van der Waals surface area contributed by atoms with Gasteiger partial charge in [-0.25, -0.2) is 0 Å². The Balaban J connectivity index is 1.78. The summed E-state index contributed by atoms with van der Waals surface area (Å²) in [5.74, 6) is 0.869. The van der Waals surface area contributed by atoms with E-state index >= 15 is 0 Å². The Kier molecular flexibility index (Phi) is 5.98. The molecule has 0 saturated heterocycles. The van der Waals surface area contributed by atoms with Gasteiger partial charge in [0.25, 0.3) is 0 Å². The van der Waals surface area contributed by atoms with Crippen LogP contribution in [-0.2, 0) is 0 Å². The van der Waals surface area contributed by atoms with Gasteiger partial charge in [-0.2, -0.15) is 0 Å². The molecule has 1 aliphatic carbocycles. The van der Waals surface area contributed by atoms with Crippen LogP contribution in [0, 0.1) is 12.8 Å². The van der Waals surface area contributed by atoms with Crippen molar-refractivity contribution in [2.24, 2.45) is 5.92 Å². The Morgan fingerprint density at radius 3 is 2.35 bits per heavy atom. The van der Waals surface area contributed by atoms with Gasteiger partial charge >= 0.3 is 0 Å². The topological polar surface area (TPSA) is 12.0 Å². The summed E-state index contributed by atoms with van der Waals surface area (Å²) in [7, 11) is 0. The molecule has 1 saturated carbocycles. The summed E-state index contributed by atoms with van der Waals surface area (Å²) < 4.78 is 0. The van der Waals surface area contributed by atoms with Crippen LogP contribution in [0.25, 0.3) is 17.3 Å². The summed E-state index contributed by atoms with van der Waals surface area (Å²) in [6.45, 7) is 11.0. The van der Waals surface area contributed by atoms with Gasteiger partial charge in [0.05, 0.1) is 0 Å². The van der Waals surface area contributed by atoms with Gasteiger partial charge in [-0.15, -0.1) is 0 Å². The van der Waals surface area contributed by atoms with Crippen molar-refractivity contribution in [2.45, 2.75) is 52.5 Å². The molecule has 1 fully saturated rings. The van der Waals surface area contributed by atoms with Crippen LogP contribution in [0.5, 0.6) is 0 Å². The fraction of sp³-hybridized carbons (Fsp3) is 0.360. The zero-order chi connectivity index (χ0) is 18.5. The summed E-state index contributed by atoms with van der Waals surface area (Å²) >= 11 is 0. The predicted molar refractivity (Wildman–Crippen MR) is 115 cm³/mol. The van der Waals surface area contributed by atoms with Crippen molar-refractivity contribution in [1.82, 2.24) is 5.32 Å². The van der Waals surface area contributed by atoms with Crippen molar-refractivity contribution < 1.29 is 0 Å². The highest BCUT2D eigenvalue weighted by atomic mass is 14.9. The molecule has 26 heavy (non-hydrogen) atoms. The molecule has 1 heteroatoms. The Morgan fingerprint density at radius 1 is 1.00 bits per heavy atom. The van der Waals surface area contributed by atoms with Crippen LogP contribution < -0.4 is 5.32 Å². The molecule has 136 valence electrons. The highest BCUT2D eigenvalue weighted by molar-refractivity contribution is 5.84. The second-order valence-electron chi connectivity index (χ2n) is 7.86. The first-order chi connectivity index (χ1) is 12.5. The van der Waals surface area contributed by atoms with Crippen LogP contribution in [0.2, 0.25) is 0 Å². The zero-order valence-electron chi connectivity index (χ0n) is 16.4. The molecule has 1 nitrogen and oxygen atoms in total. The minimum atomic E-state index is 0.564. The van der Waals surface area contributed by atoms with Crippen LogP contribution in [0.15, 0.2) is 55.1 Å². The van der Waals surface area contributed by atoms with Crippen LogP contribution in [0.4, 0.5) is 0 Å². The third-order valence-corrected chi connectivity index (χ3v) is 5.56. The molecule has 2 aromatic rings. The van der Waals surface area contributed by atoms with Crippen molar-refractivity contribution in [1.29, 1.82) is 0 Å². The van der Waals surface area contributed by atoms with Gasteiger partial charge in [-0.3, -0.25) is 0 Å². The lowest BCUT2D eigenvalue weighted by atomic mass is 9.87. The van der Waals surface area contributed by atoms with E-state index < -0.39 is 0 Å². The molecule has 0 spiro atoms. The second kappa shape index (κ2) is 8.40. The summed E-state index contributed by atoms with van der Waals surface area (Å²) in [4.78, 5) is 0. The lowest BCUT2D eigenvalue weighted by Gasteiger charge is -2.29. The van der Waals surface area contributed by atoms with Gasteiger partial charge in [0.1, 0.15) is 0 Å². The Labute approximate surface area is 158 Å². The number of nitrogens with one attached hydrogen (secondary N) is 1. The van der Waals surface area contributed by atoms with Crippen LogP contribution in [0.3, 0.4) is 0 Å². The lowest BCUT2D eigenvalue weighted by Crippen LogP contribution is -2.31. The van der Waals surface area contributed by atoms with E-state index in [4.69, 9.17) is 0 Å². The molecule has 0 aromatic heterocycles. The maximum absolute atomic E-state index is 4.35. The molecule has 0 heterocycles. The number of allylic oxidation sites excluding steroid dienone is 1. The highest BCUT2D eigenvalue weighted by Gasteiger charge is 2.18. The molecule has 1 aliphatic rings. The minimum Gasteiger partial charge on any atom is -0.382 e. The van der Waals surface area contributed by atoms with Gasteiger partial charge in [-0.05, 0) is 62.1 Å². The average molecular weight is 346 g/mol. The molecule has 3 rings (SSSR count). The molecule has 0 aliphatic heterocycles. The Hall–Kier alpha value is -2.28. The normalized spacial score (nSPS) is 20.7. The fourth-order valence-electron chi connectivity index (χ4n) is 3.76. The highest BCUT2D eigenvalue weighted by Crippen LogP contribution is 2.27. The molecular formula is C25H31N. The van der Waals surface area contributed by atoms with E-state index in [1.807, 2.05) is 0 Å². The van der Waals surface area contributed by atoms with Gasteiger partial charge in [0.15, 0.2) is 0 Å². The molecule has 0 amide bonds. The number of hydrogen-bond donors (Lipinski definition) is 1. The van der Waals surface area contributed by atoms with Gasteiger partial charge in [-0.1, -0.05) is 73.7 Å². The third kappa shape index (κ3) is 4.66. The van der Waals surface area contributed by atoms with E-state index in [1.54, 1.807) is 0 Å². The molecule has 0 unspecified atom stereocenters. The van der Waals surface area contributed by atoms with Crippen molar-refractivity contribution in [3.63, 3.8) is 0 Å². The summed E-state index contributed by atoms with van der Waals surface area (Å²) in [5, 5.41) is 3.69. The first kappa shape index (κ1) is 18.5. The second-order valence-corrected chi connectivity index (χ2v) is 7.86. The largest absolute Gasteiger partial charge is 0.382 e. The molecule has 2 aromatic carbocycles. The first-order valence-electron chi connectivity index (χ1n) is 9.83. The van der Waals surface area contributed by atoms with Gasteiger partial charge < -0.3 is 5.32 Å². The summed E-state index contributed by atoms with van der Waals surface area (Å²) in [6, 6.07) is 17.9. The van der Waals surface area contributed by atoms with E-state index in [0.29, 0.717) is 6.04 Å². The Morgan fingerprint density at radius 2 is 1.65 bits per heavy atom. The van der Waals surface area contributed by atoms with E-state index in [0.717, 1.165) is 11.6 Å². The standard InChI is InChI=1S/C25H31N/c1-18-9-13-22(14-10-18)20(3)17-23-7-5-6-8-25(23)21(4)26-24-15-11-19(2)12-16-24/h5-10,13-14,17,19,24,26H,4,11-12,15-16H2,1-3H3/b20-17+. The lowest BCUT2D eigenvalue weighted by molar-refractivity contribution is 0.328. The van der Waals surface area contributed by atoms with E-state index in [1.165, 1.54) is 53.5 Å². The number of rotatable bonds is 5. The van der Waals surface area contributed by atoms with E-state index in [2.05, 4.69) is 87.3 Å². The predicted octanol–water partition coefficient (Wildman–Crippen LogP) is 6.69. The van der Waals surface area contributed by atoms with Crippen molar-refractivity contribution in [2.75, 3.05) is 0 Å². The van der Waals surface area contributed by atoms with Crippen LogP contribution in [-0.4, -0.2) is 6.04 Å². The van der Waals surface area contributed by atoms with E-state index in [9.17, 15) is 0 Å². The van der Waals surface area contributed by atoms with Gasteiger partial charge in [0.2, 0.25) is 0 Å². The van der Waals surface area contributed by atoms with Crippen molar-refractivity contribution in [3.05, 3.63) is 77.4 Å². The molecule has 0 atom stereocenters. The summed E-state index contributed by atoms with van der Waals surface area (Å²) in [6.07, 6.45) is 7.41. The zero-order valence-corrected chi connectivity index (χ0v) is 16.4. The van der Waals surface area contributed by atoms with Crippen molar-refractivity contribution >= 4 is 17.3 Å². The molecule has 1 N–H and O–H groups in total. The van der Waals surface area contributed by atoms with Gasteiger partial charge in [0, 0.05) is 17.3 Å². The molecule has 0 radical (unpaired) electrons. The molecular weight excluding hydrogens is 314 g/mol. The number of aryl methyl sites for hydroxylation is 1. The third-order valence-electron chi connectivity index (χ3n) is 5.56. The number of benzene rings is 2. The van der Waals surface area contributed by atoms with Crippen LogP contribution in [0.1, 0.15) is 61.8 Å². The monoisotopic (exact) mass is 345 g/mol. The van der Waals surface area contributed by atoms with Crippen molar-refractivity contribution in [3.8, 4) is 0 Å². The molecule has 0 bridgehead atoms. The quantitative estimate of drug-likeness (QED) is 0.595. The number of hydrogen-bond acceptors (Lipinski definition) is 1. The minimum absolute atomic E-state index is 0.564. The maximum Gasteiger partial charge on any atom is 0.0348 e. The SMILES string of the molecule is C=C(NC1CCC(C)CC1)c1ccccc1/C=C(\C)c1ccc(C)cc1. The van der Waals surface area contributed by atoms with E-state index in [-0.39, 0.29) is 0 Å². The fourth-order valence-corrected chi connectivity index (χ4v) is 3.76. The summed E-state index contributed by atoms with van der Waals surface area (Å²) in [5.41, 5.74) is 7.32. The Bertz CT molecular complexity index is 774. The first-order valence-corrected chi connectivity index (χ1v) is 9.83. The maximum atomic E-state index is 4.35.